The van der Waals surface area contributed by atoms with Crippen LogP contribution in [0.4, 0.5) is 0 Å². The summed E-state index contributed by atoms with van der Waals surface area (Å²) < 4.78 is 12.5. The van der Waals surface area contributed by atoms with E-state index in [0.717, 1.165) is 82.8 Å². The van der Waals surface area contributed by atoms with Crippen LogP contribution in [0.25, 0.3) is 100 Å². The number of hydrogen-bond acceptors (Lipinski definition) is 5. The van der Waals surface area contributed by atoms with Gasteiger partial charge in [-0.2, -0.15) is 0 Å². The predicted molar refractivity (Wildman–Crippen MR) is 202 cm³/mol. The van der Waals surface area contributed by atoms with Crippen molar-refractivity contribution in [2.24, 2.45) is 0 Å². The molecule has 0 fully saturated rings. The number of furan rings is 2. The van der Waals surface area contributed by atoms with Gasteiger partial charge in [-0.3, -0.25) is 0 Å². The van der Waals surface area contributed by atoms with Crippen LogP contribution < -0.4 is 0 Å². The van der Waals surface area contributed by atoms with Gasteiger partial charge in [-0.05, 0) is 64.7 Å². The maximum atomic E-state index is 6.28. The molecule has 0 radical (unpaired) electrons. The largest absolute Gasteiger partial charge is 0.456 e. The summed E-state index contributed by atoms with van der Waals surface area (Å²) in [6.45, 7) is 0. The third kappa shape index (κ3) is 4.67. The minimum Gasteiger partial charge on any atom is -0.456 e. The fourth-order valence-corrected chi connectivity index (χ4v) is 6.98. The molecule has 0 bridgehead atoms. The Morgan fingerprint density at radius 1 is 0.300 bits per heavy atom. The summed E-state index contributed by atoms with van der Waals surface area (Å²) in [5.41, 5.74) is 10.4. The summed E-state index contributed by atoms with van der Waals surface area (Å²) >= 11 is 0. The fourth-order valence-electron chi connectivity index (χ4n) is 6.98. The Morgan fingerprint density at radius 2 is 0.840 bits per heavy atom. The van der Waals surface area contributed by atoms with E-state index in [2.05, 4.69) is 66.7 Å². The summed E-state index contributed by atoms with van der Waals surface area (Å²) in [5, 5.41) is 4.32. The Morgan fingerprint density at radius 3 is 1.58 bits per heavy atom. The van der Waals surface area contributed by atoms with E-state index >= 15 is 0 Å². The van der Waals surface area contributed by atoms with Crippen LogP contribution in [0.15, 0.2) is 173 Å². The molecule has 0 unspecified atom stereocenters. The van der Waals surface area contributed by atoms with E-state index < -0.39 is 0 Å². The van der Waals surface area contributed by atoms with E-state index in [1.165, 1.54) is 0 Å². The smallest absolute Gasteiger partial charge is 0.164 e. The summed E-state index contributed by atoms with van der Waals surface area (Å²) in [6.07, 6.45) is 0. The number of benzene rings is 7. The Bertz CT molecular complexity index is 2810. The predicted octanol–water partition coefficient (Wildman–Crippen LogP) is 12.0. The molecule has 0 saturated carbocycles. The Balaban J connectivity index is 1.25. The highest BCUT2D eigenvalue weighted by molar-refractivity contribution is 6.13. The lowest BCUT2D eigenvalue weighted by Gasteiger charge is -2.14. The second-order valence-electron chi connectivity index (χ2n) is 12.4. The molecule has 0 amide bonds. The zero-order valence-electron chi connectivity index (χ0n) is 26.7. The third-order valence-corrected chi connectivity index (χ3v) is 9.36. The number of aromatic nitrogens is 3. The normalized spacial score (nSPS) is 11.6. The van der Waals surface area contributed by atoms with Crippen molar-refractivity contribution < 1.29 is 8.83 Å². The highest BCUT2D eigenvalue weighted by Crippen LogP contribution is 2.42. The van der Waals surface area contributed by atoms with Gasteiger partial charge in [0.1, 0.15) is 22.3 Å². The zero-order chi connectivity index (χ0) is 33.0. The van der Waals surface area contributed by atoms with Gasteiger partial charge < -0.3 is 8.83 Å². The third-order valence-electron chi connectivity index (χ3n) is 9.36. The number of fused-ring (bicyclic) bond motifs is 6. The first-order valence-corrected chi connectivity index (χ1v) is 16.6. The number of hydrogen-bond donors (Lipinski definition) is 0. The van der Waals surface area contributed by atoms with Crippen LogP contribution in [0.2, 0.25) is 0 Å². The second kappa shape index (κ2) is 11.4. The minimum absolute atomic E-state index is 0.600. The summed E-state index contributed by atoms with van der Waals surface area (Å²) in [4.78, 5) is 15.2. The molecule has 3 aromatic heterocycles. The average molecular weight is 642 g/mol. The lowest BCUT2D eigenvalue weighted by molar-refractivity contribution is 0.668. The fraction of sp³-hybridized carbons (Fsp3) is 0. The lowest BCUT2D eigenvalue weighted by atomic mass is 9.91. The van der Waals surface area contributed by atoms with Gasteiger partial charge in [0, 0.05) is 38.2 Å². The summed E-state index contributed by atoms with van der Waals surface area (Å²) in [7, 11) is 0. The molecule has 0 atom stereocenters. The molecule has 7 aromatic carbocycles. The summed E-state index contributed by atoms with van der Waals surface area (Å²) in [5.74, 6) is 1.84. The average Bonchev–Trinajstić information content (AvgIpc) is 3.76. The van der Waals surface area contributed by atoms with Gasteiger partial charge in [0.15, 0.2) is 17.5 Å². The van der Waals surface area contributed by atoms with Crippen molar-refractivity contribution >= 4 is 43.9 Å². The van der Waals surface area contributed by atoms with Gasteiger partial charge in [0.2, 0.25) is 0 Å². The van der Waals surface area contributed by atoms with Crippen molar-refractivity contribution in [3.8, 4) is 56.4 Å². The van der Waals surface area contributed by atoms with Crippen molar-refractivity contribution in [1.29, 1.82) is 0 Å². The number of rotatable bonds is 5. The van der Waals surface area contributed by atoms with Gasteiger partial charge >= 0.3 is 0 Å². The van der Waals surface area contributed by atoms with Crippen LogP contribution in [0.3, 0.4) is 0 Å². The lowest BCUT2D eigenvalue weighted by Crippen LogP contribution is -2.01. The topological polar surface area (TPSA) is 65.0 Å². The van der Waals surface area contributed by atoms with Gasteiger partial charge in [-0.15, -0.1) is 0 Å². The molecular weight excluding hydrogens is 615 g/mol. The SMILES string of the molecule is c1ccc(-c2nc(-c3ccccc3)nc(-c3ccc(-c4cccc5oc6ccccc6c45)cc3-c3ccc4oc5ccccc5c4c3)n2)cc1. The molecule has 0 spiro atoms. The van der Waals surface area contributed by atoms with Crippen LogP contribution in [0.5, 0.6) is 0 Å². The quantitative estimate of drug-likeness (QED) is 0.187. The van der Waals surface area contributed by atoms with Gasteiger partial charge in [0.25, 0.3) is 0 Å². The van der Waals surface area contributed by atoms with Crippen LogP contribution in [0, 0.1) is 0 Å². The maximum Gasteiger partial charge on any atom is 0.164 e. The van der Waals surface area contributed by atoms with Crippen molar-refractivity contribution in [3.63, 3.8) is 0 Å². The van der Waals surface area contributed by atoms with E-state index in [9.17, 15) is 0 Å². The van der Waals surface area contributed by atoms with Crippen molar-refractivity contribution in [2.45, 2.75) is 0 Å². The molecular formula is C45H27N3O2. The first-order chi connectivity index (χ1) is 24.8. The van der Waals surface area contributed by atoms with E-state index in [1.54, 1.807) is 0 Å². The molecule has 10 rings (SSSR count). The minimum atomic E-state index is 0.600. The van der Waals surface area contributed by atoms with E-state index in [0.29, 0.717) is 17.5 Å². The van der Waals surface area contributed by atoms with Gasteiger partial charge in [-0.25, -0.2) is 15.0 Å². The highest BCUT2D eigenvalue weighted by Gasteiger charge is 2.19. The first kappa shape index (κ1) is 28.2. The molecule has 3 heterocycles. The molecule has 0 aliphatic heterocycles. The molecule has 0 saturated heterocycles. The van der Waals surface area contributed by atoms with E-state index in [1.807, 2.05) is 97.1 Å². The van der Waals surface area contributed by atoms with Crippen LogP contribution in [0.1, 0.15) is 0 Å². The Labute approximate surface area is 287 Å². The van der Waals surface area contributed by atoms with Gasteiger partial charge in [0.05, 0.1) is 0 Å². The second-order valence-corrected chi connectivity index (χ2v) is 12.4. The molecule has 0 aliphatic rings. The van der Waals surface area contributed by atoms with Crippen molar-refractivity contribution in [2.75, 3.05) is 0 Å². The van der Waals surface area contributed by atoms with Gasteiger partial charge in [-0.1, -0.05) is 121 Å². The zero-order valence-corrected chi connectivity index (χ0v) is 26.7. The molecule has 50 heavy (non-hydrogen) atoms. The number of nitrogens with zero attached hydrogens (tertiary/aromatic N) is 3. The monoisotopic (exact) mass is 641 g/mol. The number of para-hydroxylation sites is 2. The first-order valence-electron chi connectivity index (χ1n) is 16.6. The molecule has 5 heteroatoms. The van der Waals surface area contributed by atoms with Crippen molar-refractivity contribution in [3.05, 3.63) is 164 Å². The standard InChI is InChI=1S/C45H27N3O2/c1-3-12-28(13-4-1)43-46-44(29-14-5-2-6-15-29)48-45(47-43)34-24-22-30(32-18-11-21-41-42(32)35-17-8-10-20-39(35)50-41)26-36(34)31-23-25-40-37(27-31)33-16-7-9-19-38(33)49-40/h1-27H. The maximum absolute atomic E-state index is 6.28. The summed E-state index contributed by atoms with van der Waals surface area (Å²) in [6, 6.07) is 55.8. The van der Waals surface area contributed by atoms with Crippen molar-refractivity contribution in [1.82, 2.24) is 15.0 Å². The molecule has 10 aromatic rings. The molecule has 234 valence electrons. The van der Waals surface area contributed by atoms with Crippen LogP contribution in [-0.2, 0) is 0 Å². The molecule has 5 nitrogen and oxygen atoms in total. The van der Waals surface area contributed by atoms with Crippen LogP contribution in [-0.4, -0.2) is 15.0 Å². The van der Waals surface area contributed by atoms with Crippen LogP contribution >= 0.6 is 0 Å². The molecule has 0 N–H and O–H groups in total. The highest BCUT2D eigenvalue weighted by atomic mass is 16.3. The molecule has 0 aliphatic carbocycles. The van der Waals surface area contributed by atoms with E-state index in [-0.39, 0.29) is 0 Å². The Hall–Kier alpha value is -6.85. The Kier molecular flexibility index (Phi) is 6.42. The van der Waals surface area contributed by atoms with E-state index in [4.69, 9.17) is 23.8 Å².